The number of hydrogen-bond donors (Lipinski definition) is 1. The zero-order valence-electron chi connectivity index (χ0n) is 16.9. The van der Waals surface area contributed by atoms with Gasteiger partial charge in [0.05, 0.1) is 17.7 Å². The number of hydrogen-bond acceptors (Lipinski definition) is 4. The van der Waals surface area contributed by atoms with Crippen LogP contribution in [0.5, 0.6) is 0 Å². The molecule has 0 saturated carbocycles. The predicted molar refractivity (Wildman–Crippen MR) is 110 cm³/mol. The van der Waals surface area contributed by atoms with Gasteiger partial charge in [-0.3, -0.25) is 9.59 Å². The van der Waals surface area contributed by atoms with Crippen LogP contribution in [0.1, 0.15) is 103 Å². The Hall–Kier alpha value is -0.710. The first-order valence-corrected chi connectivity index (χ1v) is 11.6. The van der Waals surface area contributed by atoms with Gasteiger partial charge in [0.25, 0.3) is 0 Å². The molecule has 1 atom stereocenters. The quantitative estimate of drug-likeness (QED) is 0.278. The monoisotopic (exact) mass is 385 g/mol. The van der Waals surface area contributed by atoms with Crippen molar-refractivity contribution in [2.24, 2.45) is 0 Å². The minimum Gasteiger partial charge on any atom is -0.469 e. The van der Waals surface area contributed by atoms with Crippen molar-refractivity contribution in [2.75, 3.05) is 12.9 Å². The van der Waals surface area contributed by atoms with E-state index < -0.39 is 0 Å². The highest BCUT2D eigenvalue weighted by Crippen LogP contribution is 2.37. The number of methoxy groups -OCH3 is 1. The molecule has 0 aromatic heterocycles. The molecule has 1 saturated heterocycles. The first-order chi connectivity index (χ1) is 12.6. The summed E-state index contributed by atoms with van der Waals surface area (Å²) in [5.41, 5.74) is 0. The van der Waals surface area contributed by atoms with Crippen LogP contribution in [0.25, 0.3) is 0 Å². The summed E-state index contributed by atoms with van der Waals surface area (Å²) in [6.45, 7) is 2.24. The van der Waals surface area contributed by atoms with Crippen molar-refractivity contribution in [2.45, 2.75) is 108 Å². The molecule has 0 radical (unpaired) electrons. The number of amides is 1. The van der Waals surface area contributed by atoms with Gasteiger partial charge in [0.1, 0.15) is 0 Å². The van der Waals surface area contributed by atoms with E-state index in [1.54, 1.807) is 0 Å². The minimum absolute atomic E-state index is 0.0265. The first-order valence-electron chi connectivity index (χ1n) is 10.6. The van der Waals surface area contributed by atoms with Crippen LogP contribution in [-0.2, 0) is 14.3 Å². The fourth-order valence-corrected chi connectivity index (χ4v) is 4.85. The Morgan fingerprint density at radius 2 is 1.50 bits per heavy atom. The summed E-state index contributed by atoms with van der Waals surface area (Å²) in [7, 11) is 1.45. The standard InChI is InChI=1S/C21H39NO3S/c1-3-4-5-13-16-21(22-19(23)18-26-21)17-14-11-9-7-6-8-10-12-15-20(24)25-2/h3-18H2,1-2H3,(H,22,23). The van der Waals surface area contributed by atoms with Crippen LogP contribution in [0, 0.1) is 0 Å². The van der Waals surface area contributed by atoms with Crippen molar-refractivity contribution in [3.05, 3.63) is 0 Å². The highest BCUT2D eigenvalue weighted by Gasteiger charge is 2.37. The first kappa shape index (κ1) is 23.3. The maximum absolute atomic E-state index is 11.7. The van der Waals surface area contributed by atoms with Crippen LogP contribution in [0.4, 0.5) is 0 Å². The van der Waals surface area contributed by atoms with Gasteiger partial charge in [0.15, 0.2) is 0 Å². The highest BCUT2D eigenvalue weighted by molar-refractivity contribution is 8.01. The molecule has 0 aromatic rings. The Balaban J connectivity index is 2.04. The number of unbranched alkanes of at least 4 members (excludes halogenated alkanes) is 10. The molecule has 1 aliphatic rings. The van der Waals surface area contributed by atoms with Gasteiger partial charge >= 0.3 is 5.97 Å². The number of nitrogens with one attached hydrogen (secondary N) is 1. The molecule has 1 fully saturated rings. The van der Waals surface area contributed by atoms with E-state index in [1.165, 1.54) is 71.3 Å². The summed E-state index contributed by atoms with van der Waals surface area (Å²) in [6, 6.07) is 0. The number of carbonyl (C=O) groups is 2. The van der Waals surface area contributed by atoms with Gasteiger partial charge in [-0.1, -0.05) is 77.6 Å². The number of esters is 1. The molecule has 5 heteroatoms. The molecular weight excluding hydrogens is 346 g/mol. The van der Waals surface area contributed by atoms with E-state index in [-0.39, 0.29) is 16.7 Å². The largest absolute Gasteiger partial charge is 0.469 e. The second-order valence-corrected chi connectivity index (χ2v) is 8.91. The maximum atomic E-state index is 11.7. The van der Waals surface area contributed by atoms with E-state index in [0.29, 0.717) is 12.2 Å². The van der Waals surface area contributed by atoms with Gasteiger partial charge in [-0.2, -0.15) is 0 Å². The fourth-order valence-electron chi connectivity index (χ4n) is 3.60. The van der Waals surface area contributed by atoms with Crippen molar-refractivity contribution < 1.29 is 14.3 Å². The molecule has 1 unspecified atom stereocenters. The maximum Gasteiger partial charge on any atom is 0.305 e. The van der Waals surface area contributed by atoms with Crippen molar-refractivity contribution in [3.8, 4) is 0 Å². The van der Waals surface area contributed by atoms with E-state index in [2.05, 4.69) is 17.0 Å². The molecule has 1 N–H and O–H groups in total. The van der Waals surface area contributed by atoms with E-state index in [1.807, 2.05) is 11.8 Å². The molecule has 4 nitrogen and oxygen atoms in total. The molecule has 1 amide bonds. The van der Waals surface area contributed by atoms with Crippen molar-refractivity contribution >= 4 is 23.6 Å². The Labute approximate surface area is 164 Å². The van der Waals surface area contributed by atoms with Crippen LogP contribution < -0.4 is 5.32 Å². The number of carbonyl (C=O) groups excluding carboxylic acids is 2. The smallest absolute Gasteiger partial charge is 0.305 e. The van der Waals surface area contributed by atoms with Crippen molar-refractivity contribution in [1.82, 2.24) is 5.32 Å². The highest BCUT2D eigenvalue weighted by atomic mass is 32.2. The van der Waals surface area contributed by atoms with Crippen LogP contribution >= 0.6 is 11.8 Å². The summed E-state index contributed by atoms with van der Waals surface area (Å²) in [5.74, 6) is 0.766. The zero-order valence-corrected chi connectivity index (χ0v) is 17.8. The lowest BCUT2D eigenvalue weighted by atomic mass is 9.99. The van der Waals surface area contributed by atoms with Crippen LogP contribution in [0.2, 0.25) is 0 Å². The van der Waals surface area contributed by atoms with Crippen LogP contribution in [-0.4, -0.2) is 29.6 Å². The average Bonchev–Trinajstić information content (AvgIpc) is 3.01. The number of thioether (sulfide) groups is 1. The Kier molecular flexibility index (Phi) is 12.9. The van der Waals surface area contributed by atoms with Gasteiger partial charge in [-0.25, -0.2) is 0 Å². The Morgan fingerprint density at radius 3 is 2.00 bits per heavy atom. The lowest BCUT2D eigenvalue weighted by Crippen LogP contribution is -2.39. The van der Waals surface area contributed by atoms with Gasteiger partial charge < -0.3 is 10.1 Å². The SMILES string of the molecule is CCCCCCC1(CCCCCCCCCCC(=O)OC)NC(=O)CS1. The van der Waals surface area contributed by atoms with Crippen LogP contribution in [0.3, 0.4) is 0 Å². The molecule has 0 aliphatic carbocycles. The third-order valence-electron chi connectivity index (χ3n) is 5.22. The summed E-state index contributed by atoms with van der Waals surface area (Å²) >= 11 is 1.84. The summed E-state index contributed by atoms with van der Waals surface area (Å²) in [5, 5.41) is 3.27. The minimum atomic E-state index is -0.0921. The van der Waals surface area contributed by atoms with Gasteiger partial charge in [0.2, 0.25) is 5.91 Å². The second-order valence-electron chi connectivity index (χ2n) is 7.55. The van der Waals surface area contributed by atoms with Gasteiger partial charge in [-0.05, 0) is 19.3 Å². The van der Waals surface area contributed by atoms with E-state index >= 15 is 0 Å². The van der Waals surface area contributed by atoms with Gasteiger partial charge in [-0.15, -0.1) is 11.8 Å². The third kappa shape index (κ3) is 10.4. The summed E-state index contributed by atoms with van der Waals surface area (Å²) in [4.78, 5) is 22.8. The third-order valence-corrected chi connectivity index (χ3v) is 6.69. The average molecular weight is 386 g/mol. The molecule has 0 spiro atoms. The lowest BCUT2D eigenvalue weighted by molar-refractivity contribution is -0.140. The fraction of sp³-hybridized carbons (Fsp3) is 0.905. The van der Waals surface area contributed by atoms with E-state index in [4.69, 9.17) is 0 Å². The summed E-state index contributed by atoms with van der Waals surface area (Å²) in [6.07, 6.45) is 17.4. The second kappa shape index (κ2) is 14.4. The van der Waals surface area contributed by atoms with E-state index in [0.717, 1.165) is 25.7 Å². The molecule has 152 valence electrons. The predicted octanol–water partition coefficient (Wildman–Crippen LogP) is 5.59. The topological polar surface area (TPSA) is 55.4 Å². The lowest BCUT2D eigenvalue weighted by Gasteiger charge is -2.28. The number of rotatable bonds is 16. The normalized spacial score (nSPS) is 19.5. The van der Waals surface area contributed by atoms with Gasteiger partial charge in [0, 0.05) is 6.42 Å². The molecular formula is C21H39NO3S. The zero-order chi connectivity index (χ0) is 19.1. The molecule has 0 aromatic carbocycles. The molecule has 0 bridgehead atoms. The Bertz CT molecular complexity index is 403. The summed E-state index contributed by atoms with van der Waals surface area (Å²) < 4.78 is 4.65. The molecule has 1 heterocycles. The molecule has 1 aliphatic heterocycles. The molecule has 26 heavy (non-hydrogen) atoms. The number of ether oxygens (including phenoxy) is 1. The van der Waals surface area contributed by atoms with Crippen molar-refractivity contribution in [1.29, 1.82) is 0 Å². The van der Waals surface area contributed by atoms with E-state index in [9.17, 15) is 9.59 Å². The van der Waals surface area contributed by atoms with Crippen LogP contribution in [0.15, 0.2) is 0 Å². The molecule has 1 rings (SSSR count). The van der Waals surface area contributed by atoms with Crippen molar-refractivity contribution in [3.63, 3.8) is 0 Å². The Morgan fingerprint density at radius 1 is 0.962 bits per heavy atom.